The molecule has 0 radical (unpaired) electrons. The molecule has 4 aromatic heterocycles. The number of aromatic nitrogens is 4. The van der Waals surface area contributed by atoms with Crippen LogP contribution in [0.1, 0.15) is 0 Å². The molecule has 9 rings (SSSR count). The zero-order valence-electron chi connectivity index (χ0n) is 23.3. The summed E-state index contributed by atoms with van der Waals surface area (Å²) in [6.45, 7) is 0. The second-order valence-corrected chi connectivity index (χ2v) is 11.7. The predicted octanol–water partition coefficient (Wildman–Crippen LogP) is 10.2. The first-order chi connectivity index (χ1) is 21.8. The van der Waals surface area contributed by atoms with Gasteiger partial charge in [0.25, 0.3) is 0 Å². The Labute approximate surface area is 256 Å². The van der Waals surface area contributed by atoms with Crippen molar-refractivity contribution in [3.8, 4) is 45.0 Å². The highest BCUT2D eigenvalue weighted by atomic mass is 32.1. The van der Waals surface area contributed by atoms with E-state index in [1.54, 1.807) is 17.7 Å². The summed E-state index contributed by atoms with van der Waals surface area (Å²) in [5.74, 6) is 0.675. The Balaban J connectivity index is 1.14. The molecule has 44 heavy (non-hydrogen) atoms. The SMILES string of the molecule is c1ccc(-c2nc(-c3ccc(-c4cccc(-c5ncnc6c5sc5ccccc56)c4)cc3)c3oc4ccccc4c3n2)cc1. The third-order valence-electron chi connectivity index (χ3n) is 8.04. The van der Waals surface area contributed by atoms with Gasteiger partial charge in [0.05, 0.1) is 15.9 Å². The van der Waals surface area contributed by atoms with E-state index in [1.165, 1.54) is 10.1 Å². The maximum atomic E-state index is 6.33. The Bertz CT molecular complexity index is 2500. The summed E-state index contributed by atoms with van der Waals surface area (Å²) < 4.78 is 8.65. The fraction of sp³-hybridized carbons (Fsp3) is 0. The summed E-state index contributed by atoms with van der Waals surface area (Å²) in [5.41, 5.74) is 10.3. The molecule has 6 heteroatoms. The lowest BCUT2D eigenvalue weighted by Gasteiger charge is -2.09. The number of thiophene rings is 1. The molecular weight excluding hydrogens is 561 g/mol. The van der Waals surface area contributed by atoms with Crippen LogP contribution in [0.2, 0.25) is 0 Å². The molecule has 0 fully saturated rings. The van der Waals surface area contributed by atoms with E-state index < -0.39 is 0 Å². The Morgan fingerprint density at radius 1 is 0.500 bits per heavy atom. The van der Waals surface area contributed by atoms with Gasteiger partial charge < -0.3 is 4.42 Å². The van der Waals surface area contributed by atoms with Gasteiger partial charge in [0.2, 0.25) is 0 Å². The van der Waals surface area contributed by atoms with Crippen LogP contribution < -0.4 is 0 Å². The van der Waals surface area contributed by atoms with Crippen molar-refractivity contribution in [1.82, 2.24) is 19.9 Å². The van der Waals surface area contributed by atoms with E-state index in [0.717, 1.165) is 65.9 Å². The van der Waals surface area contributed by atoms with Crippen molar-refractivity contribution in [2.45, 2.75) is 0 Å². The highest BCUT2D eigenvalue weighted by Crippen LogP contribution is 2.39. The lowest BCUT2D eigenvalue weighted by atomic mass is 9.99. The zero-order chi connectivity index (χ0) is 29.0. The molecule has 5 nitrogen and oxygen atoms in total. The zero-order valence-corrected chi connectivity index (χ0v) is 24.1. The standard InChI is InChI=1S/C38H22N4OS/c1-2-9-25(10-3-1)38-41-32(36-34(42-38)28-13-4-6-15-30(28)43-36)24-19-17-23(18-20-24)26-11-8-12-27(21-26)33-37-35(40-22-39-33)29-14-5-7-16-31(29)44-37/h1-22H. The molecule has 0 saturated heterocycles. The molecule has 206 valence electrons. The Hall–Kier alpha value is -5.72. The Kier molecular flexibility index (Phi) is 5.61. The van der Waals surface area contributed by atoms with Crippen LogP contribution in [0.4, 0.5) is 0 Å². The van der Waals surface area contributed by atoms with Crippen LogP contribution in [0.3, 0.4) is 0 Å². The van der Waals surface area contributed by atoms with Crippen LogP contribution in [0.15, 0.2) is 138 Å². The summed E-state index contributed by atoms with van der Waals surface area (Å²) in [6, 6.07) is 43.6. The smallest absolute Gasteiger partial charge is 0.180 e. The molecule has 0 amide bonds. The third kappa shape index (κ3) is 4.00. The van der Waals surface area contributed by atoms with Gasteiger partial charge in [0.1, 0.15) is 23.1 Å². The minimum atomic E-state index is 0.675. The number of rotatable bonds is 4. The molecule has 0 unspecified atom stereocenters. The Morgan fingerprint density at radius 2 is 1.23 bits per heavy atom. The highest BCUT2D eigenvalue weighted by molar-refractivity contribution is 7.26. The minimum absolute atomic E-state index is 0.675. The summed E-state index contributed by atoms with van der Waals surface area (Å²) in [7, 11) is 0. The van der Waals surface area contributed by atoms with E-state index in [9.17, 15) is 0 Å². The van der Waals surface area contributed by atoms with Gasteiger partial charge in [0, 0.05) is 32.2 Å². The van der Waals surface area contributed by atoms with Crippen LogP contribution in [0, 0.1) is 0 Å². The van der Waals surface area contributed by atoms with Crippen molar-refractivity contribution in [1.29, 1.82) is 0 Å². The van der Waals surface area contributed by atoms with Gasteiger partial charge in [-0.15, -0.1) is 11.3 Å². The van der Waals surface area contributed by atoms with Gasteiger partial charge in [-0.3, -0.25) is 0 Å². The lowest BCUT2D eigenvalue weighted by molar-refractivity contribution is 0.667. The maximum absolute atomic E-state index is 6.33. The predicted molar refractivity (Wildman–Crippen MR) is 180 cm³/mol. The average Bonchev–Trinajstić information content (AvgIpc) is 3.67. The number of hydrogen-bond donors (Lipinski definition) is 0. The second kappa shape index (κ2) is 9.93. The number of benzene rings is 5. The van der Waals surface area contributed by atoms with Crippen LogP contribution in [0.5, 0.6) is 0 Å². The van der Waals surface area contributed by atoms with Gasteiger partial charge in [-0.2, -0.15) is 0 Å². The van der Waals surface area contributed by atoms with Crippen molar-refractivity contribution in [3.63, 3.8) is 0 Å². The minimum Gasteiger partial charge on any atom is -0.452 e. The first-order valence-electron chi connectivity index (χ1n) is 14.4. The molecule has 0 N–H and O–H groups in total. The summed E-state index contributed by atoms with van der Waals surface area (Å²) in [5, 5.41) is 2.15. The molecular formula is C38H22N4OS. The molecule has 0 aliphatic heterocycles. The van der Waals surface area contributed by atoms with Crippen LogP contribution in [-0.4, -0.2) is 19.9 Å². The summed E-state index contributed by atoms with van der Waals surface area (Å²) in [6.07, 6.45) is 1.67. The molecule has 5 aromatic carbocycles. The van der Waals surface area contributed by atoms with Gasteiger partial charge in [-0.05, 0) is 35.4 Å². The topological polar surface area (TPSA) is 64.7 Å². The van der Waals surface area contributed by atoms with Gasteiger partial charge in [-0.1, -0.05) is 103 Å². The number of fused-ring (bicyclic) bond motifs is 6. The second-order valence-electron chi connectivity index (χ2n) is 10.7. The van der Waals surface area contributed by atoms with Crippen molar-refractivity contribution in [3.05, 3.63) is 134 Å². The fourth-order valence-corrected chi connectivity index (χ4v) is 7.07. The van der Waals surface area contributed by atoms with Crippen molar-refractivity contribution in [2.75, 3.05) is 0 Å². The Morgan fingerprint density at radius 3 is 2.11 bits per heavy atom. The molecule has 0 saturated carbocycles. The molecule has 0 spiro atoms. The normalized spacial score (nSPS) is 11.6. The maximum Gasteiger partial charge on any atom is 0.180 e. The quantitative estimate of drug-likeness (QED) is 0.207. The van der Waals surface area contributed by atoms with Gasteiger partial charge >= 0.3 is 0 Å². The largest absolute Gasteiger partial charge is 0.452 e. The third-order valence-corrected chi connectivity index (χ3v) is 9.20. The molecule has 0 aliphatic rings. The van der Waals surface area contributed by atoms with E-state index in [2.05, 4.69) is 77.8 Å². The van der Waals surface area contributed by atoms with E-state index in [0.29, 0.717) is 11.4 Å². The first kappa shape index (κ1) is 24.8. The number of para-hydroxylation sites is 1. The lowest BCUT2D eigenvalue weighted by Crippen LogP contribution is -1.93. The highest BCUT2D eigenvalue weighted by Gasteiger charge is 2.18. The van der Waals surface area contributed by atoms with E-state index in [1.807, 2.05) is 54.6 Å². The van der Waals surface area contributed by atoms with Crippen LogP contribution in [-0.2, 0) is 0 Å². The monoisotopic (exact) mass is 582 g/mol. The molecule has 0 bridgehead atoms. The van der Waals surface area contributed by atoms with Crippen LogP contribution >= 0.6 is 11.3 Å². The van der Waals surface area contributed by atoms with Crippen molar-refractivity contribution >= 4 is 53.7 Å². The number of nitrogens with zero attached hydrogens (tertiary/aromatic N) is 4. The molecule has 0 atom stereocenters. The average molecular weight is 583 g/mol. The molecule has 4 heterocycles. The summed E-state index contributed by atoms with van der Waals surface area (Å²) >= 11 is 1.74. The van der Waals surface area contributed by atoms with Crippen molar-refractivity contribution in [2.24, 2.45) is 0 Å². The van der Waals surface area contributed by atoms with Crippen molar-refractivity contribution < 1.29 is 4.42 Å². The summed E-state index contributed by atoms with van der Waals surface area (Å²) in [4.78, 5) is 19.3. The number of furan rings is 1. The first-order valence-corrected chi connectivity index (χ1v) is 15.2. The van der Waals surface area contributed by atoms with E-state index in [-0.39, 0.29) is 0 Å². The molecule has 9 aromatic rings. The van der Waals surface area contributed by atoms with Gasteiger partial charge in [0.15, 0.2) is 11.4 Å². The van der Waals surface area contributed by atoms with Gasteiger partial charge in [-0.25, -0.2) is 19.9 Å². The number of hydrogen-bond acceptors (Lipinski definition) is 6. The molecule has 0 aliphatic carbocycles. The van der Waals surface area contributed by atoms with E-state index >= 15 is 0 Å². The van der Waals surface area contributed by atoms with Crippen LogP contribution in [0.25, 0.3) is 87.4 Å². The van der Waals surface area contributed by atoms with E-state index in [4.69, 9.17) is 19.4 Å². The fourth-order valence-electron chi connectivity index (χ4n) is 5.90.